The summed E-state index contributed by atoms with van der Waals surface area (Å²) in [4.78, 5) is 18.0. The SMILES string of the molecule is C[C@@H](Sc1nnc(-c2c[nH]c3ccccc23)o1)C(=O)N1CCc2ccccc21. The Morgan fingerprint density at radius 3 is 2.93 bits per heavy atom. The van der Waals surface area contributed by atoms with Crippen LogP contribution in [0.5, 0.6) is 0 Å². The molecule has 1 atom stereocenters. The normalized spacial score (nSPS) is 14.4. The monoisotopic (exact) mass is 390 g/mol. The van der Waals surface area contributed by atoms with Crippen molar-refractivity contribution >= 4 is 34.3 Å². The summed E-state index contributed by atoms with van der Waals surface area (Å²) < 4.78 is 5.84. The van der Waals surface area contributed by atoms with Crippen LogP contribution in [0.1, 0.15) is 12.5 Å². The van der Waals surface area contributed by atoms with Crippen LogP contribution in [0.4, 0.5) is 5.69 Å². The lowest BCUT2D eigenvalue weighted by atomic mass is 10.2. The van der Waals surface area contributed by atoms with E-state index in [4.69, 9.17) is 4.42 Å². The van der Waals surface area contributed by atoms with E-state index in [2.05, 4.69) is 21.2 Å². The summed E-state index contributed by atoms with van der Waals surface area (Å²) in [7, 11) is 0. The minimum atomic E-state index is -0.317. The van der Waals surface area contributed by atoms with E-state index in [1.54, 1.807) is 0 Å². The molecule has 7 heteroatoms. The molecule has 1 amide bonds. The first-order valence-corrected chi connectivity index (χ1v) is 10.0. The second-order valence-corrected chi connectivity index (χ2v) is 8.04. The van der Waals surface area contributed by atoms with Gasteiger partial charge in [-0.15, -0.1) is 10.2 Å². The van der Waals surface area contributed by atoms with Gasteiger partial charge in [-0.2, -0.15) is 0 Å². The van der Waals surface area contributed by atoms with Crippen molar-refractivity contribution in [2.45, 2.75) is 23.8 Å². The number of amides is 1. The van der Waals surface area contributed by atoms with Crippen LogP contribution >= 0.6 is 11.8 Å². The van der Waals surface area contributed by atoms with E-state index in [1.807, 2.05) is 60.5 Å². The van der Waals surface area contributed by atoms with Crippen molar-refractivity contribution in [2.75, 3.05) is 11.4 Å². The zero-order chi connectivity index (χ0) is 19.1. The molecule has 0 aliphatic carbocycles. The molecule has 0 bridgehead atoms. The van der Waals surface area contributed by atoms with Crippen LogP contribution in [-0.4, -0.2) is 32.9 Å². The van der Waals surface area contributed by atoms with Crippen LogP contribution in [-0.2, 0) is 11.2 Å². The number of carbonyl (C=O) groups is 1. The minimum Gasteiger partial charge on any atom is -0.411 e. The highest BCUT2D eigenvalue weighted by Gasteiger charge is 2.29. The molecule has 0 saturated carbocycles. The predicted octanol–water partition coefficient (Wildman–Crippen LogP) is 4.29. The number of thioether (sulfide) groups is 1. The van der Waals surface area contributed by atoms with E-state index in [1.165, 1.54) is 17.3 Å². The summed E-state index contributed by atoms with van der Waals surface area (Å²) in [5.74, 6) is 0.507. The summed E-state index contributed by atoms with van der Waals surface area (Å²) in [6.07, 6.45) is 2.76. The van der Waals surface area contributed by atoms with E-state index in [9.17, 15) is 4.79 Å². The Labute approximate surface area is 166 Å². The van der Waals surface area contributed by atoms with Gasteiger partial charge in [0, 0.05) is 29.3 Å². The van der Waals surface area contributed by atoms with Crippen LogP contribution < -0.4 is 4.90 Å². The third-order valence-electron chi connectivity index (χ3n) is 5.00. The minimum absolute atomic E-state index is 0.0572. The number of fused-ring (bicyclic) bond motifs is 2. The van der Waals surface area contributed by atoms with E-state index in [0.29, 0.717) is 17.7 Å². The second kappa shape index (κ2) is 6.83. The van der Waals surface area contributed by atoms with Gasteiger partial charge in [0.1, 0.15) is 0 Å². The molecule has 4 aromatic rings. The third kappa shape index (κ3) is 2.88. The Hall–Kier alpha value is -3.06. The molecule has 3 heterocycles. The van der Waals surface area contributed by atoms with Crippen molar-refractivity contribution in [2.24, 2.45) is 0 Å². The summed E-state index contributed by atoms with van der Waals surface area (Å²) in [5, 5.41) is 9.41. The van der Waals surface area contributed by atoms with Crippen LogP contribution in [0, 0.1) is 0 Å². The number of nitrogens with zero attached hydrogens (tertiary/aromatic N) is 3. The van der Waals surface area contributed by atoms with E-state index in [0.717, 1.165) is 28.6 Å². The summed E-state index contributed by atoms with van der Waals surface area (Å²) in [5.41, 5.74) is 4.10. The smallest absolute Gasteiger partial charge is 0.277 e. The first kappa shape index (κ1) is 17.1. The van der Waals surface area contributed by atoms with Crippen molar-refractivity contribution in [3.63, 3.8) is 0 Å². The van der Waals surface area contributed by atoms with Crippen LogP contribution in [0.25, 0.3) is 22.4 Å². The molecule has 0 saturated heterocycles. The molecule has 0 fully saturated rings. The van der Waals surface area contributed by atoms with Gasteiger partial charge in [0.15, 0.2) is 0 Å². The van der Waals surface area contributed by atoms with Crippen molar-refractivity contribution in [3.8, 4) is 11.5 Å². The number of anilines is 1. The van der Waals surface area contributed by atoms with Gasteiger partial charge in [-0.1, -0.05) is 48.2 Å². The van der Waals surface area contributed by atoms with E-state index < -0.39 is 0 Å². The van der Waals surface area contributed by atoms with Crippen LogP contribution in [0.2, 0.25) is 0 Å². The summed E-state index contributed by atoms with van der Waals surface area (Å²) >= 11 is 1.29. The van der Waals surface area contributed by atoms with Gasteiger partial charge >= 0.3 is 0 Å². The first-order valence-electron chi connectivity index (χ1n) is 9.16. The van der Waals surface area contributed by atoms with Gasteiger partial charge in [-0.05, 0) is 31.0 Å². The maximum absolute atomic E-state index is 12.9. The Balaban J connectivity index is 1.34. The predicted molar refractivity (Wildman–Crippen MR) is 109 cm³/mol. The standard InChI is InChI=1S/C21H18N4O2S/c1-13(20(26)25-11-10-14-6-2-5-9-18(14)25)28-21-24-23-19(27-21)16-12-22-17-8-4-3-7-15(16)17/h2-9,12-13,22H,10-11H2,1H3/t13-/m1/s1. The lowest BCUT2D eigenvalue weighted by molar-refractivity contribution is -0.117. The highest BCUT2D eigenvalue weighted by molar-refractivity contribution is 8.00. The molecule has 1 aliphatic rings. The number of rotatable bonds is 4. The molecule has 140 valence electrons. The van der Waals surface area contributed by atoms with Crippen molar-refractivity contribution in [1.29, 1.82) is 0 Å². The van der Waals surface area contributed by atoms with Gasteiger partial charge in [-0.3, -0.25) is 4.79 Å². The molecular formula is C21H18N4O2S. The Bertz CT molecular complexity index is 1170. The average molecular weight is 390 g/mol. The molecule has 2 aromatic carbocycles. The van der Waals surface area contributed by atoms with Gasteiger partial charge in [0.2, 0.25) is 5.91 Å². The van der Waals surface area contributed by atoms with Crippen LogP contribution in [0.15, 0.2) is 64.4 Å². The maximum Gasteiger partial charge on any atom is 0.277 e. The number of nitrogens with one attached hydrogen (secondary N) is 1. The van der Waals surface area contributed by atoms with E-state index in [-0.39, 0.29) is 11.2 Å². The Kier molecular flexibility index (Phi) is 4.16. The number of aromatic amines is 1. The molecule has 28 heavy (non-hydrogen) atoms. The average Bonchev–Trinajstić information content (AvgIpc) is 3.45. The Morgan fingerprint density at radius 2 is 2.00 bits per heavy atom. The zero-order valence-corrected chi connectivity index (χ0v) is 16.1. The fourth-order valence-electron chi connectivity index (χ4n) is 3.60. The Morgan fingerprint density at radius 1 is 1.18 bits per heavy atom. The lowest BCUT2D eigenvalue weighted by Crippen LogP contribution is -2.35. The van der Waals surface area contributed by atoms with Gasteiger partial charge < -0.3 is 14.3 Å². The molecule has 1 N–H and O–H groups in total. The first-order chi connectivity index (χ1) is 13.7. The molecular weight excluding hydrogens is 372 g/mol. The maximum atomic E-state index is 12.9. The highest BCUT2D eigenvalue weighted by Crippen LogP contribution is 2.33. The summed E-state index contributed by atoms with van der Waals surface area (Å²) in [6, 6.07) is 16.0. The number of benzene rings is 2. The number of hydrogen-bond donors (Lipinski definition) is 1. The van der Waals surface area contributed by atoms with Crippen molar-refractivity contribution in [1.82, 2.24) is 15.2 Å². The number of hydrogen-bond acceptors (Lipinski definition) is 5. The zero-order valence-electron chi connectivity index (χ0n) is 15.3. The lowest BCUT2D eigenvalue weighted by Gasteiger charge is -2.20. The van der Waals surface area contributed by atoms with Gasteiger partial charge in [0.05, 0.1) is 10.8 Å². The fourth-order valence-corrected chi connectivity index (χ4v) is 4.35. The second-order valence-electron chi connectivity index (χ2n) is 6.75. The van der Waals surface area contributed by atoms with Crippen molar-refractivity contribution < 1.29 is 9.21 Å². The fraction of sp³-hybridized carbons (Fsp3) is 0.190. The quantitative estimate of drug-likeness (QED) is 0.526. The van der Waals surface area contributed by atoms with Crippen LogP contribution in [0.3, 0.4) is 0 Å². The number of H-pyrrole nitrogens is 1. The number of carbonyl (C=O) groups excluding carboxylic acids is 1. The molecule has 0 unspecified atom stereocenters. The largest absolute Gasteiger partial charge is 0.411 e. The summed E-state index contributed by atoms with van der Waals surface area (Å²) in [6.45, 7) is 2.59. The van der Waals surface area contributed by atoms with E-state index >= 15 is 0 Å². The van der Waals surface area contributed by atoms with Gasteiger partial charge in [-0.25, -0.2) is 0 Å². The molecule has 2 aromatic heterocycles. The van der Waals surface area contributed by atoms with Gasteiger partial charge in [0.25, 0.3) is 11.1 Å². The highest BCUT2D eigenvalue weighted by atomic mass is 32.2. The van der Waals surface area contributed by atoms with Crippen molar-refractivity contribution in [3.05, 3.63) is 60.3 Å². The third-order valence-corrected chi connectivity index (χ3v) is 5.93. The number of aromatic nitrogens is 3. The molecule has 6 nitrogen and oxygen atoms in total. The molecule has 0 spiro atoms. The molecule has 0 radical (unpaired) electrons. The molecule has 5 rings (SSSR count). The molecule has 1 aliphatic heterocycles. The topological polar surface area (TPSA) is 75.0 Å². The number of para-hydroxylation sites is 2.